The molecule has 0 aliphatic heterocycles. The third kappa shape index (κ3) is 4.22. The van der Waals surface area contributed by atoms with E-state index in [1.807, 2.05) is 13.8 Å². The zero-order chi connectivity index (χ0) is 12.6. The van der Waals surface area contributed by atoms with Gasteiger partial charge in [-0.1, -0.05) is 27.7 Å². The second-order valence-electron chi connectivity index (χ2n) is 4.69. The van der Waals surface area contributed by atoms with E-state index >= 15 is 0 Å². The summed E-state index contributed by atoms with van der Waals surface area (Å²) in [6.45, 7) is 8.79. The average molecular weight is 224 g/mol. The van der Waals surface area contributed by atoms with Crippen LogP contribution >= 0.6 is 0 Å². The Bertz CT molecular complexity index is 249. The first-order chi connectivity index (χ1) is 7.52. The second-order valence-corrected chi connectivity index (χ2v) is 4.69. The predicted octanol–water partition coefficient (Wildman–Crippen LogP) is 2.87. The molecule has 92 valence electrons. The summed E-state index contributed by atoms with van der Waals surface area (Å²) in [4.78, 5) is 11.9. The Morgan fingerprint density at radius 3 is 2.31 bits per heavy atom. The van der Waals surface area contributed by atoms with E-state index in [4.69, 9.17) is 5.26 Å². The van der Waals surface area contributed by atoms with Crippen molar-refractivity contribution in [2.75, 3.05) is 6.54 Å². The van der Waals surface area contributed by atoms with Gasteiger partial charge >= 0.3 is 0 Å². The number of carbonyl (C=O) groups excluding carboxylic acids is 1. The van der Waals surface area contributed by atoms with Crippen LogP contribution in [0.5, 0.6) is 0 Å². The van der Waals surface area contributed by atoms with Crippen LogP contribution in [0.25, 0.3) is 0 Å². The van der Waals surface area contributed by atoms with Gasteiger partial charge in [-0.25, -0.2) is 0 Å². The summed E-state index contributed by atoms with van der Waals surface area (Å²) in [5.41, 5.74) is -0.822. The fourth-order valence-electron chi connectivity index (χ4n) is 1.66. The van der Waals surface area contributed by atoms with Gasteiger partial charge in [0, 0.05) is 6.54 Å². The van der Waals surface area contributed by atoms with Gasteiger partial charge in [0.15, 0.2) is 0 Å². The monoisotopic (exact) mass is 224 g/mol. The Morgan fingerprint density at radius 2 is 1.94 bits per heavy atom. The smallest absolute Gasteiger partial charge is 0.240 e. The normalized spacial score (nSPS) is 11.2. The SMILES string of the molecule is CCC(C#N)(CC)C(=O)NCCCC(C)C. The molecule has 0 spiro atoms. The van der Waals surface area contributed by atoms with Crippen molar-refractivity contribution in [1.29, 1.82) is 5.26 Å². The number of amides is 1. The van der Waals surface area contributed by atoms with E-state index in [0.717, 1.165) is 12.8 Å². The summed E-state index contributed by atoms with van der Waals surface area (Å²) < 4.78 is 0. The van der Waals surface area contributed by atoms with Crippen molar-refractivity contribution in [3.05, 3.63) is 0 Å². The molecule has 1 N–H and O–H groups in total. The number of hydrogen-bond acceptors (Lipinski definition) is 2. The van der Waals surface area contributed by atoms with Crippen LogP contribution in [0.1, 0.15) is 53.4 Å². The van der Waals surface area contributed by atoms with E-state index in [1.54, 1.807) is 0 Å². The summed E-state index contributed by atoms with van der Waals surface area (Å²) in [6, 6.07) is 2.15. The summed E-state index contributed by atoms with van der Waals surface area (Å²) in [5.74, 6) is 0.554. The van der Waals surface area contributed by atoms with Crippen molar-refractivity contribution in [1.82, 2.24) is 5.32 Å². The maximum Gasteiger partial charge on any atom is 0.240 e. The van der Waals surface area contributed by atoms with E-state index in [9.17, 15) is 4.79 Å². The molecule has 0 bridgehead atoms. The van der Waals surface area contributed by atoms with Crippen LogP contribution in [0.4, 0.5) is 0 Å². The highest BCUT2D eigenvalue weighted by Gasteiger charge is 2.34. The quantitative estimate of drug-likeness (QED) is 0.676. The number of nitrogens with one attached hydrogen (secondary N) is 1. The lowest BCUT2D eigenvalue weighted by molar-refractivity contribution is -0.128. The minimum atomic E-state index is -0.822. The topological polar surface area (TPSA) is 52.9 Å². The Balaban J connectivity index is 4.09. The van der Waals surface area contributed by atoms with E-state index in [1.165, 1.54) is 0 Å². The molecule has 3 nitrogen and oxygen atoms in total. The van der Waals surface area contributed by atoms with Crippen LogP contribution in [0, 0.1) is 22.7 Å². The third-order valence-corrected chi connectivity index (χ3v) is 3.10. The molecule has 0 aromatic rings. The molecule has 0 aromatic carbocycles. The average Bonchev–Trinajstić information content (AvgIpc) is 2.27. The van der Waals surface area contributed by atoms with Gasteiger partial charge in [-0.15, -0.1) is 0 Å². The molecule has 0 aliphatic carbocycles. The maximum atomic E-state index is 11.9. The fraction of sp³-hybridized carbons (Fsp3) is 0.846. The fourth-order valence-corrected chi connectivity index (χ4v) is 1.66. The van der Waals surface area contributed by atoms with Gasteiger partial charge in [0.1, 0.15) is 5.41 Å². The molecule has 0 unspecified atom stereocenters. The lowest BCUT2D eigenvalue weighted by Crippen LogP contribution is -2.39. The first-order valence-corrected chi connectivity index (χ1v) is 6.22. The van der Waals surface area contributed by atoms with Crippen LogP contribution in [0.15, 0.2) is 0 Å². The minimum absolute atomic E-state index is 0.108. The molecule has 0 saturated carbocycles. The Labute approximate surface area is 99.2 Å². The highest BCUT2D eigenvalue weighted by atomic mass is 16.2. The Morgan fingerprint density at radius 1 is 1.38 bits per heavy atom. The van der Waals surface area contributed by atoms with Crippen molar-refractivity contribution >= 4 is 5.91 Å². The van der Waals surface area contributed by atoms with Crippen LogP contribution in [0.3, 0.4) is 0 Å². The lowest BCUT2D eigenvalue weighted by Gasteiger charge is -2.22. The van der Waals surface area contributed by atoms with E-state index in [0.29, 0.717) is 25.3 Å². The molecule has 0 radical (unpaired) electrons. The summed E-state index contributed by atoms with van der Waals surface area (Å²) >= 11 is 0. The first-order valence-electron chi connectivity index (χ1n) is 6.22. The van der Waals surface area contributed by atoms with Gasteiger partial charge in [0.05, 0.1) is 6.07 Å². The van der Waals surface area contributed by atoms with E-state index in [2.05, 4.69) is 25.2 Å². The predicted molar refractivity (Wildman–Crippen MR) is 65.7 cm³/mol. The summed E-state index contributed by atoms with van der Waals surface area (Å²) in [5, 5.41) is 12.0. The summed E-state index contributed by atoms with van der Waals surface area (Å²) in [7, 11) is 0. The van der Waals surface area contributed by atoms with Gasteiger partial charge < -0.3 is 5.32 Å². The highest BCUT2D eigenvalue weighted by Crippen LogP contribution is 2.25. The molecular formula is C13H24N2O. The molecular weight excluding hydrogens is 200 g/mol. The lowest BCUT2D eigenvalue weighted by atomic mass is 9.83. The van der Waals surface area contributed by atoms with E-state index < -0.39 is 5.41 Å². The Kier molecular flexibility index (Phi) is 6.80. The number of carbonyl (C=O) groups is 1. The largest absolute Gasteiger partial charge is 0.355 e. The van der Waals surface area contributed by atoms with Gasteiger partial charge in [-0.05, 0) is 31.6 Å². The van der Waals surface area contributed by atoms with Crippen LogP contribution in [-0.4, -0.2) is 12.5 Å². The Hall–Kier alpha value is -1.04. The number of hydrogen-bond donors (Lipinski definition) is 1. The van der Waals surface area contributed by atoms with Crippen molar-refractivity contribution in [3.63, 3.8) is 0 Å². The summed E-state index contributed by atoms with van der Waals surface area (Å²) in [6.07, 6.45) is 3.25. The molecule has 1 amide bonds. The molecule has 0 aliphatic rings. The molecule has 0 fully saturated rings. The van der Waals surface area contributed by atoms with Crippen molar-refractivity contribution in [3.8, 4) is 6.07 Å². The molecule has 0 atom stereocenters. The minimum Gasteiger partial charge on any atom is -0.355 e. The highest BCUT2D eigenvalue weighted by molar-refractivity contribution is 5.85. The van der Waals surface area contributed by atoms with Gasteiger partial charge in [0.2, 0.25) is 5.91 Å². The van der Waals surface area contributed by atoms with Crippen molar-refractivity contribution in [2.24, 2.45) is 11.3 Å². The number of nitrogens with zero attached hydrogens (tertiary/aromatic N) is 1. The van der Waals surface area contributed by atoms with Gasteiger partial charge in [0.25, 0.3) is 0 Å². The standard InChI is InChI=1S/C13H24N2O/c1-5-13(6-2,10-14)12(16)15-9-7-8-11(3)4/h11H,5-9H2,1-4H3,(H,15,16). The van der Waals surface area contributed by atoms with Gasteiger partial charge in [-0.3, -0.25) is 4.79 Å². The molecule has 0 heterocycles. The van der Waals surface area contributed by atoms with Crippen LogP contribution < -0.4 is 5.32 Å². The maximum absolute atomic E-state index is 11.9. The molecule has 0 aromatic heterocycles. The number of rotatable bonds is 7. The molecule has 16 heavy (non-hydrogen) atoms. The van der Waals surface area contributed by atoms with Crippen molar-refractivity contribution < 1.29 is 4.79 Å². The van der Waals surface area contributed by atoms with Crippen LogP contribution in [0.2, 0.25) is 0 Å². The van der Waals surface area contributed by atoms with E-state index in [-0.39, 0.29) is 5.91 Å². The molecule has 0 rings (SSSR count). The van der Waals surface area contributed by atoms with Crippen LogP contribution in [-0.2, 0) is 4.79 Å². The zero-order valence-electron chi connectivity index (χ0n) is 11.0. The number of nitriles is 1. The molecule has 0 saturated heterocycles. The molecule has 3 heteroatoms. The van der Waals surface area contributed by atoms with Gasteiger partial charge in [-0.2, -0.15) is 5.26 Å². The van der Waals surface area contributed by atoms with Crippen molar-refractivity contribution in [2.45, 2.75) is 53.4 Å². The zero-order valence-corrected chi connectivity index (χ0v) is 11.0. The first kappa shape index (κ1) is 15.0. The third-order valence-electron chi connectivity index (χ3n) is 3.10. The second kappa shape index (κ2) is 7.27.